The SMILES string of the molecule is COc1ccccc1CNC(=O)CN1CCN(c2ccccc2O)CC1. The maximum absolute atomic E-state index is 12.2. The predicted molar refractivity (Wildman–Crippen MR) is 102 cm³/mol. The maximum atomic E-state index is 12.2. The van der Waals surface area contributed by atoms with Crippen LogP contribution in [-0.4, -0.2) is 55.7 Å². The van der Waals surface area contributed by atoms with Crippen molar-refractivity contribution >= 4 is 11.6 Å². The molecule has 6 heteroatoms. The average Bonchev–Trinajstić information content (AvgIpc) is 2.68. The first-order valence-corrected chi connectivity index (χ1v) is 8.81. The Morgan fingerprint density at radius 3 is 2.50 bits per heavy atom. The molecule has 0 spiro atoms. The Balaban J connectivity index is 1.46. The molecule has 0 bridgehead atoms. The first-order chi connectivity index (χ1) is 12.7. The van der Waals surface area contributed by atoms with Gasteiger partial charge in [-0.3, -0.25) is 9.69 Å². The molecule has 0 atom stereocenters. The molecule has 6 nitrogen and oxygen atoms in total. The topological polar surface area (TPSA) is 65.0 Å². The number of carbonyl (C=O) groups excluding carboxylic acids is 1. The van der Waals surface area contributed by atoms with Gasteiger partial charge in [-0.1, -0.05) is 30.3 Å². The monoisotopic (exact) mass is 355 g/mol. The number of para-hydroxylation sites is 3. The van der Waals surface area contributed by atoms with Crippen molar-refractivity contribution in [2.24, 2.45) is 0 Å². The van der Waals surface area contributed by atoms with Gasteiger partial charge < -0.3 is 20.1 Å². The molecule has 1 aliphatic heterocycles. The second kappa shape index (κ2) is 8.58. The molecule has 26 heavy (non-hydrogen) atoms. The third-order valence-corrected chi connectivity index (χ3v) is 4.63. The lowest BCUT2D eigenvalue weighted by atomic mass is 10.2. The lowest BCUT2D eigenvalue weighted by Gasteiger charge is -2.35. The molecule has 1 fully saturated rings. The standard InChI is InChI=1S/C20H25N3O3/c1-26-19-9-5-2-6-16(19)14-21-20(25)15-22-10-12-23(13-11-22)17-7-3-4-8-18(17)24/h2-9,24H,10-15H2,1H3,(H,21,25). The van der Waals surface area contributed by atoms with Crippen LogP contribution in [0.5, 0.6) is 11.5 Å². The van der Waals surface area contributed by atoms with Crippen LogP contribution < -0.4 is 15.0 Å². The van der Waals surface area contributed by atoms with Crippen molar-refractivity contribution < 1.29 is 14.6 Å². The van der Waals surface area contributed by atoms with Crippen molar-refractivity contribution in [3.63, 3.8) is 0 Å². The van der Waals surface area contributed by atoms with Crippen molar-refractivity contribution in [2.45, 2.75) is 6.54 Å². The molecular formula is C20H25N3O3. The molecule has 1 aliphatic rings. The number of rotatable bonds is 6. The average molecular weight is 355 g/mol. The van der Waals surface area contributed by atoms with E-state index in [-0.39, 0.29) is 5.91 Å². The Kier molecular flexibility index (Phi) is 5.96. The zero-order valence-corrected chi connectivity index (χ0v) is 15.0. The number of anilines is 1. The summed E-state index contributed by atoms with van der Waals surface area (Å²) in [5.74, 6) is 1.09. The number of carbonyl (C=O) groups is 1. The van der Waals surface area contributed by atoms with Crippen molar-refractivity contribution in [2.75, 3.05) is 44.7 Å². The number of nitrogens with zero attached hydrogens (tertiary/aromatic N) is 2. The Labute approximate surface area is 154 Å². The molecule has 0 aliphatic carbocycles. The number of phenolic OH excluding ortho intramolecular Hbond substituents is 1. The molecule has 3 rings (SSSR count). The van der Waals surface area contributed by atoms with Gasteiger partial charge in [-0.25, -0.2) is 0 Å². The quantitative estimate of drug-likeness (QED) is 0.828. The minimum absolute atomic E-state index is 0.00640. The molecule has 1 heterocycles. The summed E-state index contributed by atoms with van der Waals surface area (Å²) in [5, 5.41) is 12.9. The van der Waals surface area contributed by atoms with Gasteiger partial charge in [0, 0.05) is 38.3 Å². The fourth-order valence-corrected chi connectivity index (χ4v) is 3.18. The molecule has 1 amide bonds. The molecule has 138 valence electrons. The van der Waals surface area contributed by atoms with E-state index >= 15 is 0 Å². The van der Waals surface area contributed by atoms with Crippen LogP contribution in [0.15, 0.2) is 48.5 Å². The Hall–Kier alpha value is -2.73. The van der Waals surface area contributed by atoms with Crippen LogP contribution in [0.4, 0.5) is 5.69 Å². The van der Waals surface area contributed by atoms with Crippen LogP contribution >= 0.6 is 0 Å². The number of hydrogen-bond donors (Lipinski definition) is 2. The number of methoxy groups -OCH3 is 1. The highest BCUT2D eigenvalue weighted by atomic mass is 16.5. The lowest BCUT2D eigenvalue weighted by Crippen LogP contribution is -2.49. The minimum Gasteiger partial charge on any atom is -0.506 e. The van der Waals surface area contributed by atoms with Gasteiger partial charge in [0.25, 0.3) is 0 Å². The third-order valence-electron chi connectivity index (χ3n) is 4.63. The number of benzene rings is 2. The molecule has 0 aromatic heterocycles. The molecule has 0 unspecified atom stereocenters. The Morgan fingerprint density at radius 2 is 1.77 bits per heavy atom. The summed E-state index contributed by atoms with van der Waals surface area (Å²) in [6.07, 6.45) is 0. The second-order valence-corrected chi connectivity index (χ2v) is 6.34. The van der Waals surface area contributed by atoms with Gasteiger partial charge >= 0.3 is 0 Å². The summed E-state index contributed by atoms with van der Waals surface area (Å²) in [6.45, 7) is 3.99. The van der Waals surface area contributed by atoms with E-state index in [0.29, 0.717) is 18.8 Å². The molecule has 2 N–H and O–H groups in total. The summed E-state index contributed by atoms with van der Waals surface area (Å²) in [4.78, 5) is 16.5. The zero-order valence-electron chi connectivity index (χ0n) is 15.0. The van der Waals surface area contributed by atoms with Gasteiger partial charge in [0.05, 0.1) is 19.3 Å². The number of amides is 1. The van der Waals surface area contributed by atoms with E-state index in [1.54, 1.807) is 13.2 Å². The smallest absolute Gasteiger partial charge is 0.234 e. The normalized spacial score (nSPS) is 14.9. The number of ether oxygens (including phenoxy) is 1. The first-order valence-electron chi connectivity index (χ1n) is 8.81. The van der Waals surface area contributed by atoms with E-state index in [4.69, 9.17) is 4.74 Å². The largest absolute Gasteiger partial charge is 0.506 e. The number of aromatic hydroxyl groups is 1. The van der Waals surface area contributed by atoms with Crippen molar-refractivity contribution in [3.8, 4) is 11.5 Å². The van der Waals surface area contributed by atoms with Gasteiger partial charge in [0.15, 0.2) is 0 Å². The highest BCUT2D eigenvalue weighted by Gasteiger charge is 2.20. The van der Waals surface area contributed by atoms with Crippen LogP contribution in [-0.2, 0) is 11.3 Å². The van der Waals surface area contributed by atoms with Crippen LogP contribution in [0.1, 0.15) is 5.56 Å². The fourth-order valence-electron chi connectivity index (χ4n) is 3.18. The number of hydrogen-bond acceptors (Lipinski definition) is 5. The second-order valence-electron chi connectivity index (χ2n) is 6.34. The number of nitrogens with one attached hydrogen (secondary N) is 1. The Morgan fingerprint density at radius 1 is 1.08 bits per heavy atom. The van der Waals surface area contributed by atoms with Crippen LogP contribution in [0, 0.1) is 0 Å². The van der Waals surface area contributed by atoms with E-state index in [9.17, 15) is 9.90 Å². The van der Waals surface area contributed by atoms with E-state index < -0.39 is 0 Å². The highest BCUT2D eigenvalue weighted by molar-refractivity contribution is 5.78. The molecule has 0 saturated carbocycles. The summed E-state index contributed by atoms with van der Waals surface area (Å²) in [5.41, 5.74) is 1.82. The summed E-state index contributed by atoms with van der Waals surface area (Å²) >= 11 is 0. The van der Waals surface area contributed by atoms with E-state index in [1.807, 2.05) is 42.5 Å². The third kappa shape index (κ3) is 4.46. The van der Waals surface area contributed by atoms with E-state index in [0.717, 1.165) is 43.2 Å². The van der Waals surface area contributed by atoms with Crippen molar-refractivity contribution in [1.29, 1.82) is 0 Å². The number of phenols is 1. The lowest BCUT2D eigenvalue weighted by molar-refractivity contribution is -0.122. The van der Waals surface area contributed by atoms with Gasteiger partial charge in [0.1, 0.15) is 11.5 Å². The zero-order chi connectivity index (χ0) is 18.4. The molecule has 2 aromatic carbocycles. The van der Waals surface area contributed by atoms with Crippen molar-refractivity contribution in [1.82, 2.24) is 10.2 Å². The van der Waals surface area contributed by atoms with Crippen molar-refractivity contribution in [3.05, 3.63) is 54.1 Å². The summed E-state index contributed by atoms with van der Waals surface area (Å²) < 4.78 is 5.30. The Bertz CT molecular complexity index is 743. The predicted octanol–water partition coefficient (Wildman–Crippen LogP) is 1.84. The van der Waals surface area contributed by atoms with Gasteiger partial charge in [-0.05, 0) is 18.2 Å². The highest BCUT2D eigenvalue weighted by Crippen LogP contribution is 2.27. The molecule has 2 aromatic rings. The molecule has 1 saturated heterocycles. The van der Waals surface area contributed by atoms with Crippen LogP contribution in [0.25, 0.3) is 0 Å². The van der Waals surface area contributed by atoms with Gasteiger partial charge in [-0.2, -0.15) is 0 Å². The minimum atomic E-state index is 0.00640. The summed E-state index contributed by atoms with van der Waals surface area (Å²) in [6, 6.07) is 15.0. The molecular weight excluding hydrogens is 330 g/mol. The summed E-state index contributed by atoms with van der Waals surface area (Å²) in [7, 11) is 1.63. The van der Waals surface area contributed by atoms with E-state index in [1.165, 1.54) is 0 Å². The van der Waals surface area contributed by atoms with Gasteiger partial charge in [0.2, 0.25) is 5.91 Å². The fraction of sp³-hybridized carbons (Fsp3) is 0.350. The van der Waals surface area contributed by atoms with Crippen LogP contribution in [0.3, 0.4) is 0 Å². The van der Waals surface area contributed by atoms with Crippen LogP contribution in [0.2, 0.25) is 0 Å². The first kappa shape index (κ1) is 18.1. The molecule has 0 radical (unpaired) electrons. The maximum Gasteiger partial charge on any atom is 0.234 e. The van der Waals surface area contributed by atoms with E-state index in [2.05, 4.69) is 15.1 Å². The van der Waals surface area contributed by atoms with Gasteiger partial charge in [-0.15, -0.1) is 0 Å². The number of piperazine rings is 1.